The molecule has 0 saturated heterocycles. The Labute approximate surface area is 178 Å². The lowest BCUT2D eigenvalue weighted by Gasteiger charge is -2.12. The summed E-state index contributed by atoms with van der Waals surface area (Å²) < 4.78 is 62.6. The third-order valence-corrected chi connectivity index (χ3v) is 4.69. The number of benzene rings is 2. The van der Waals surface area contributed by atoms with Crippen molar-refractivity contribution in [3.8, 4) is 0 Å². The summed E-state index contributed by atoms with van der Waals surface area (Å²) in [6.07, 6.45) is -3.66. The van der Waals surface area contributed by atoms with Crippen LogP contribution in [0.3, 0.4) is 0 Å². The van der Waals surface area contributed by atoms with Crippen LogP contribution >= 0.6 is 0 Å². The van der Waals surface area contributed by atoms with Crippen LogP contribution in [0.25, 0.3) is 0 Å². The molecular formula is C22H26F5N3O. The van der Waals surface area contributed by atoms with Gasteiger partial charge in [0.15, 0.2) is 0 Å². The SMILES string of the molecule is Nc1cc(NCc2ccc(C(F)(F)F)cc2)ccc1NC(=O)CCCCCC(F)CF. The maximum Gasteiger partial charge on any atom is 0.416 e. The van der Waals surface area contributed by atoms with E-state index in [9.17, 15) is 26.7 Å². The molecule has 0 aliphatic heterocycles. The molecule has 31 heavy (non-hydrogen) atoms. The molecule has 0 saturated carbocycles. The highest BCUT2D eigenvalue weighted by atomic mass is 19.4. The van der Waals surface area contributed by atoms with E-state index in [0.717, 1.165) is 12.1 Å². The first-order chi connectivity index (χ1) is 14.7. The van der Waals surface area contributed by atoms with Gasteiger partial charge in [-0.15, -0.1) is 0 Å². The highest BCUT2D eigenvalue weighted by Crippen LogP contribution is 2.29. The van der Waals surface area contributed by atoms with Crippen molar-refractivity contribution in [1.29, 1.82) is 0 Å². The van der Waals surface area contributed by atoms with Gasteiger partial charge >= 0.3 is 6.18 Å². The molecule has 9 heteroatoms. The average molecular weight is 443 g/mol. The lowest BCUT2D eigenvalue weighted by atomic mass is 10.1. The number of anilines is 3. The summed E-state index contributed by atoms with van der Waals surface area (Å²) in [4.78, 5) is 12.0. The van der Waals surface area contributed by atoms with Crippen LogP contribution in [0.5, 0.6) is 0 Å². The third kappa shape index (κ3) is 8.43. The van der Waals surface area contributed by atoms with Gasteiger partial charge in [0.25, 0.3) is 0 Å². The van der Waals surface area contributed by atoms with Gasteiger partial charge in [0.1, 0.15) is 12.8 Å². The smallest absolute Gasteiger partial charge is 0.397 e. The van der Waals surface area contributed by atoms with Crippen molar-refractivity contribution in [2.45, 2.75) is 51.0 Å². The van der Waals surface area contributed by atoms with Crippen LogP contribution in [-0.4, -0.2) is 18.8 Å². The molecule has 0 aliphatic rings. The van der Waals surface area contributed by atoms with E-state index in [1.165, 1.54) is 12.1 Å². The van der Waals surface area contributed by atoms with Crippen molar-refractivity contribution in [2.75, 3.05) is 23.0 Å². The minimum absolute atomic E-state index is 0.159. The molecule has 0 aromatic heterocycles. The first-order valence-corrected chi connectivity index (χ1v) is 9.98. The molecule has 4 nitrogen and oxygen atoms in total. The molecule has 0 fully saturated rings. The largest absolute Gasteiger partial charge is 0.416 e. The van der Waals surface area contributed by atoms with Gasteiger partial charge in [0, 0.05) is 18.7 Å². The third-order valence-electron chi connectivity index (χ3n) is 4.69. The maximum absolute atomic E-state index is 12.8. The van der Waals surface area contributed by atoms with Crippen molar-refractivity contribution >= 4 is 23.0 Å². The Morgan fingerprint density at radius 3 is 2.35 bits per heavy atom. The second-order valence-electron chi connectivity index (χ2n) is 7.25. The normalized spacial score (nSPS) is 12.4. The summed E-state index contributed by atoms with van der Waals surface area (Å²) in [7, 11) is 0. The van der Waals surface area contributed by atoms with E-state index in [4.69, 9.17) is 5.73 Å². The van der Waals surface area contributed by atoms with Crippen molar-refractivity contribution in [2.24, 2.45) is 0 Å². The number of nitrogens with two attached hydrogens (primary N) is 1. The number of rotatable bonds is 11. The zero-order chi connectivity index (χ0) is 22.9. The molecule has 0 spiro atoms. The molecule has 1 atom stereocenters. The molecule has 4 N–H and O–H groups in total. The van der Waals surface area contributed by atoms with E-state index in [1.54, 1.807) is 18.2 Å². The maximum atomic E-state index is 12.8. The predicted octanol–water partition coefficient (Wildman–Crippen LogP) is 6.10. The Hall–Kier alpha value is -2.84. The number of halogens is 5. The second-order valence-corrected chi connectivity index (χ2v) is 7.25. The van der Waals surface area contributed by atoms with Crippen LogP contribution in [0.1, 0.15) is 43.2 Å². The number of alkyl halides is 5. The standard InChI is InChI=1S/C22H26F5N3O/c23-13-17(24)4-2-1-3-5-21(31)30-20-11-10-18(12-19(20)28)29-14-15-6-8-16(9-7-15)22(25,26)27/h6-12,17,29H,1-5,13-14,28H2,(H,30,31). The zero-order valence-corrected chi connectivity index (χ0v) is 16.9. The number of amides is 1. The fourth-order valence-corrected chi connectivity index (χ4v) is 2.92. The quantitative estimate of drug-likeness (QED) is 0.223. The minimum atomic E-state index is -4.37. The average Bonchev–Trinajstić information content (AvgIpc) is 2.73. The topological polar surface area (TPSA) is 67.2 Å². The molecule has 2 aromatic carbocycles. The zero-order valence-electron chi connectivity index (χ0n) is 16.9. The molecule has 0 heterocycles. The monoisotopic (exact) mass is 443 g/mol. The Morgan fingerprint density at radius 1 is 1.03 bits per heavy atom. The number of nitrogens with one attached hydrogen (secondary N) is 2. The van der Waals surface area contributed by atoms with Crippen LogP contribution in [-0.2, 0) is 17.5 Å². The Morgan fingerprint density at radius 2 is 1.74 bits per heavy atom. The van der Waals surface area contributed by atoms with Crippen LogP contribution in [0.2, 0.25) is 0 Å². The number of nitrogen functional groups attached to an aromatic ring is 1. The summed E-state index contributed by atoms with van der Waals surface area (Å²) in [5.41, 5.74) is 7.40. The van der Waals surface area contributed by atoms with Crippen molar-refractivity contribution in [3.63, 3.8) is 0 Å². The lowest BCUT2D eigenvalue weighted by Crippen LogP contribution is -2.13. The molecule has 1 unspecified atom stereocenters. The number of hydrogen-bond donors (Lipinski definition) is 3. The highest BCUT2D eigenvalue weighted by Gasteiger charge is 2.29. The molecule has 1 amide bonds. The molecule has 0 aliphatic carbocycles. The molecule has 0 bridgehead atoms. The van der Waals surface area contributed by atoms with E-state index < -0.39 is 24.6 Å². The van der Waals surface area contributed by atoms with Gasteiger partial charge in [-0.2, -0.15) is 13.2 Å². The van der Waals surface area contributed by atoms with E-state index in [2.05, 4.69) is 10.6 Å². The fraction of sp³-hybridized carbons (Fsp3) is 0.409. The predicted molar refractivity (Wildman–Crippen MR) is 112 cm³/mol. The Kier molecular flexibility index (Phi) is 9.08. The highest BCUT2D eigenvalue weighted by molar-refractivity contribution is 5.94. The first-order valence-electron chi connectivity index (χ1n) is 9.98. The lowest BCUT2D eigenvalue weighted by molar-refractivity contribution is -0.137. The van der Waals surface area contributed by atoms with E-state index in [0.29, 0.717) is 48.4 Å². The summed E-state index contributed by atoms with van der Waals surface area (Å²) >= 11 is 0. The van der Waals surface area contributed by atoms with Crippen LogP contribution in [0, 0.1) is 0 Å². The number of carbonyl (C=O) groups excluding carboxylic acids is 1. The molecule has 2 rings (SSSR count). The van der Waals surface area contributed by atoms with Gasteiger partial charge < -0.3 is 16.4 Å². The van der Waals surface area contributed by atoms with Crippen molar-refractivity contribution in [3.05, 3.63) is 53.6 Å². The van der Waals surface area contributed by atoms with E-state index in [-0.39, 0.29) is 18.7 Å². The van der Waals surface area contributed by atoms with Crippen LogP contribution in [0.4, 0.5) is 39.0 Å². The summed E-state index contributed by atoms with van der Waals surface area (Å²) in [6, 6.07) is 9.82. The first kappa shape index (κ1) is 24.4. The van der Waals surface area contributed by atoms with Crippen LogP contribution < -0.4 is 16.4 Å². The minimum Gasteiger partial charge on any atom is -0.397 e. The van der Waals surface area contributed by atoms with Crippen molar-refractivity contribution in [1.82, 2.24) is 0 Å². The summed E-state index contributed by atoms with van der Waals surface area (Å²) in [5, 5.41) is 5.78. The second kappa shape index (κ2) is 11.5. The van der Waals surface area contributed by atoms with Gasteiger partial charge in [-0.1, -0.05) is 25.0 Å². The summed E-state index contributed by atoms with van der Waals surface area (Å²) in [6.45, 7) is -0.666. The van der Waals surface area contributed by atoms with Crippen LogP contribution in [0.15, 0.2) is 42.5 Å². The Bertz CT molecular complexity index is 840. The number of carbonyl (C=O) groups is 1. The molecule has 170 valence electrons. The fourth-order valence-electron chi connectivity index (χ4n) is 2.92. The molecular weight excluding hydrogens is 417 g/mol. The summed E-state index contributed by atoms with van der Waals surface area (Å²) in [5.74, 6) is -0.223. The van der Waals surface area contributed by atoms with E-state index >= 15 is 0 Å². The molecule has 2 aromatic rings. The van der Waals surface area contributed by atoms with Gasteiger partial charge in [-0.3, -0.25) is 4.79 Å². The van der Waals surface area contributed by atoms with Gasteiger partial charge in [0.05, 0.1) is 16.9 Å². The number of unbranched alkanes of at least 4 members (excludes halogenated alkanes) is 2. The van der Waals surface area contributed by atoms with Crippen molar-refractivity contribution < 1.29 is 26.7 Å². The molecule has 0 radical (unpaired) electrons. The van der Waals surface area contributed by atoms with Gasteiger partial charge in [-0.25, -0.2) is 8.78 Å². The van der Waals surface area contributed by atoms with Gasteiger partial charge in [-0.05, 0) is 48.7 Å². The number of hydrogen-bond acceptors (Lipinski definition) is 3. The van der Waals surface area contributed by atoms with Gasteiger partial charge in [0.2, 0.25) is 5.91 Å². The Balaban J connectivity index is 1.78. The van der Waals surface area contributed by atoms with E-state index in [1.807, 2.05) is 0 Å².